The smallest absolute Gasteiger partial charge is 0.346 e. The van der Waals surface area contributed by atoms with Gasteiger partial charge in [-0.25, -0.2) is 9.18 Å². The van der Waals surface area contributed by atoms with Gasteiger partial charge in [0, 0.05) is 0 Å². The number of amides is 1. The number of para-hydroxylation sites is 1. The first-order valence-electron chi connectivity index (χ1n) is 8.24. The molecule has 2 aromatic carbocycles. The fraction of sp³-hybridized carbons (Fsp3) is 0.263. The average Bonchev–Trinajstić information content (AvgIpc) is 2.65. The number of rotatable bonds is 9. The maximum Gasteiger partial charge on any atom is 0.346 e. The van der Waals surface area contributed by atoms with Gasteiger partial charge in [0.2, 0.25) is 6.10 Å². The largest absolute Gasteiger partial charge is 0.479 e. The summed E-state index contributed by atoms with van der Waals surface area (Å²) >= 11 is 6.02. The van der Waals surface area contributed by atoms with Crippen LogP contribution in [0.3, 0.4) is 0 Å². The Bertz CT molecular complexity index is 784. The second kappa shape index (κ2) is 9.78. The lowest BCUT2D eigenvalue weighted by Gasteiger charge is -2.20. The molecule has 0 spiro atoms. The fourth-order valence-corrected chi connectivity index (χ4v) is 2.36. The number of carbonyl (C=O) groups is 2. The highest BCUT2D eigenvalue weighted by molar-refractivity contribution is 6.32. The minimum Gasteiger partial charge on any atom is -0.479 e. The SMILES string of the molecule is CCC(Oc1ccccc1Cl)C(=O)NCC(Oc1ccc(F)cc1)C(=O)O. The van der Waals surface area contributed by atoms with Crippen LogP contribution in [0.15, 0.2) is 48.5 Å². The third kappa shape index (κ3) is 6.14. The van der Waals surface area contributed by atoms with Crippen molar-refractivity contribution in [2.75, 3.05) is 6.54 Å². The lowest BCUT2D eigenvalue weighted by atomic mass is 10.2. The molecule has 0 fully saturated rings. The first-order chi connectivity index (χ1) is 12.9. The van der Waals surface area contributed by atoms with Crippen LogP contribution in [-0.4, -0.2) is 35.7 Å². The molecular formula is C19H19ClFNO5. The number of benzene rings is 2. The van der Waals surface area contributed by atoms with Crippen LogP contribution in [0, 0.1) is 5.82 Å². The van der Waals surface area contributed by atoms with Crippen molar-refractivity contribution in [3.8, 4) is 11.5 Å². The van der Waals surface area contributed by atoms with Crippen LogP contribution in [0.2, 0.25) is 5.02 Å². The Kier molecular flexibility index (Phi) is 7.43. The van der Waals surface area contributed by atoms with Gasteiger partial charge in [0.05, 0.1) is 11.6 Å². The van der Waals surface area contributed by atoms with E-state index in [0.29, 0.717) is 17.2 Å². The Morgan fingerprint density at radius 2 is 1.78 bits per heavy atom. The van der Waals surface area contributed by atoms with E-state index in [2.05, 4.69) is 5.32 Å². The van der Waals surface area contributed by atoms with Crippen LogP contribution in [0.5, 0.6) is 11.5 Å². The summed E-state index contributed by atoms with van der Waals surface area (Å²) in [4.78, 5) is 23.7. The molecule has 8 heteroatoms. The maximum absolute atomic E-state index is 12.9. The van der Waals surface area contributed by atoms with Gasteiger partial charge in [0.25, 0.3) is 5.91 Å². The Morgan fingerprint density at radius 3 is 2.37 bits per heavy atom. The van der Waals surface area contributed by atoms with E-state index in [1.807, 2.05) is 0 Å². The molecule has 0 aliphatic rings. The molecular weight excluding hydrogens is 377 g/mol. The Hall–Kier alpha value is -2.80. The summed E-state index contributed by atoms with van der Waals surface area (Å²) < 4.78 is 23.8. The fourth-order valence-electron chi connectivity index (χ4n) is 2.18. The predicted molar refractivity (Wildman–Crippen MR) is 97.6 cm³/mol. The molecule has 2 atom stereocenters. The van der Waals surface area contributed by atoms with Crippen molar-refractivity contribution < 1.29 is 28.6 Å². The second-order valence-corrected chi connectivity index (χ2v) is 6.00. The Labute approximate surface area is 160 Å². The van der Waals surface area contributed by atoms with E-state index in [1.54, 1.807) is 31.2 Å². The lowest BCUT2D eigenvalue weighted by molar-refractivity contribution is -0.145. The summed E-state index contributed by atoms with van der Waals surface area (Å²) in [5.41, 5.74) is 0. The van der Waals surface area contributed by atoms with Crippen LogP contribution in [0.1, 0.15) is 13.3 Å². The third-order valence-electron chi connectivity index (χ3n) is 3.60. The molecule has 2 aromatic rings. The van der Waals surface area contributed by atoms with Crippen LogP contribution in [-0.2, 0) is 9.59 Å². The Balaban J connectivity index is 1.96. The minimum atomic E-state index is -1.34. The number of carboxylic acids is 1. The van der Waals surface area contributed by atoms with Gasteiger partial charge in [-0.2, -0.15) is 0 Å². The summed E-state index contributed by atoms with van der Waals surface area (Å²) in [5.74, 6) is -1.69. The van der Waals surface area contributed by atoms with Crippen LogP contribution in [0.25, 0.3) is 0 Å². The number of halogens is 2. The van der Waals surface area contributed by atoms with Crippen molar-refractivity contribution in [1.29, 1.82) is 0 Å². The summed E-state index contributed by atoms with van der Waals surface area (Å²) in [7, 11) is 0. The molecule has 0 saturated heterocycles. The van der Waals surface area contributed by atoms with Gasteiger partial charge >= 0.3 is 5.97 Å². The van der Waals surface area contributed by atoms with Crippen molar-refractivity contribution in [2.24, 2.45) is 0 Å². The van der Waals surface area contributed by atoms with Gasteiger partial charge < -0.3 is 19.9 Å². The summed E-state index contributed by atoms with van der Waals surface area (Å²) in [6.45, 7) is 1.47. The maximum atomic E-state index is 12.9. The van der Waals surface area contributed by atoms with E-state index < -0.39 is 29.9 Å². The zero-order chi connectivity index (χ0) is 19.8. The summed E-state index contributed by atoms with van der Waals surface area (Å²) in [6.07, 6.45) is -1.82. The number of hydrogen-bond acceptors (Lipinski definition) is 4. The van der Waals surface area contributed by atoms with E-state index >= 15 is 0 Å². The summed E-state index contributed by atoms with van der Waals surface area (Å²) in [6, 6.07) is 11.7. The average molecular weight is 396 g/mol. The third-order valence-corrected chi connectivity index (χ3v) is 3.91. The highest BCUT2D eigenvalue weighted by Crippen LogP contribution is 2.24. The van der Waals surface area contributed by atoms with Crippen molar-refractivity contribution in [3.63, 3.8) is 0 Å². The molecule has 2 rings (SSSR count). The molecule has 0 saturated carbocycles. The zero-order valence-electron chi connectivity index (χ0n) is 14.5. The first kappa shape index (κ1) is 20.5. The van der Waals surface area contributed by atoms with Crippen LogP contribution < -0.4 is 14.8 Å². The molecule has 144 valence electrons. The number of hydrogen-bond donors (Lipinski definition) is 2. The number of ether oxygens (including phenoxy) is 2. The van der Waals surface area contributed by atoms with Gasteiger partial charge in [-0.1, -0.05) is 30.7 Å². The molecule has 1 amide bonds. The van der Waals surface area contributed by atoms with Crippen molar-refractivity contribution in [2.45, 2.75) is 25.6 Å². The summed E-state index contributed by atoms with van der Waals surface area (Å²) in [5, 5.41) is 12.1. The van der Waals surface area contributed by atoms with E-state index in [9.17, 15) is 19.1 Å². The molecule has 2 unspecified atom stereocenters. The van der Waals surface area contributed by atoms with Crippen molar-refractivity contribution in [1.82, 2.24) is 5.32 Å². The molecule has 0 heterocycles. The highest BCUT2D eigenvalue weighted by Gasteiger charge is 2.24. The van der Waals surface area contributed by atoms with Crippen molar-refractivity contribution >= 4 is 23.5 Å². The van der Waals surface area contributed by atoms with Crippen molar-refractivity contribution in [3.05, 3.63) is 59.4 Å². The highest BCUT2D eigenvalue weighted by atomic mass is 35.5. The van der Waals surface area contributed by atoms with E-state index in [1.165, 1.54) is 12.1 Å². The van der Waals surface area contributed by atoms with E-state index in [-0.39, 0.29) is 12.3 Å². The number of aliphatic carboxylic acids is 1. The van der Waals surface area contributed by atoms with Crippen LogP contribution in [0.4, 0.5) is 4.39 Å². The topological polar surface area (TPSA) is 84.9 Å². The standard InChI is InChI=1S/C19H19ClFNO5/c1-2-15(27-16-6-4-3-5-14(16)20)18(23)22-11-17(19(24)25)26-13-9-7-12(21)8-10-13/h3-10,15,17H,2,11H2,1H3,(H,22,23)(H,24,25). The monoisotopic (exact) mass is 395 g/mol. The quantitative estimate of drug-likeness (QED) is 0.680. The second-order valence-electron chi connectivity index (χ2n) is 5.59. The zero-order valence-corrected chi connectivity index (χ0v) is 15.3. The predicted octanol–water partition coefficient (Wildman–Crippen LogP) is 3.28. The van der Waals surface area contributed by atoms with Gasteiger partial charge in [0.15, 0.2) is 6.10 Å². The van der Waals surface area contributed by atoms with Gasteiger partial charge in [0.1, 0.15) is 17.3 Å². The normalized spacial score (nSPS) is 12.7. The van der Waals surface area contributed by atoms with Gasteiger partial charge in [-0.15, -0.1) is 0 Å². The number of carboxylic acid groups (broad SMARTS) is 1. The van der Waals surface area contributed by atoms with E-state index in [4.69, 9.17) is 21.1 Å². The molecule has 0 aliphatic heterocycles. The number of nitrogens with one attached hydrogen (secondary N) is 1. The molecule has 0 aliphatic carbocycles. The molecule has 2 N–H and O–H groups in total. The number of carbonyl (C=O) groups excluding carboxylic acids is 1. The molecule has 6 nitrogen and oxygen atoms in total. The minimum absolute atomic E-state index is 0.178. The lowest BCUT2D eigenvalue weighted by Crippen LogP contribution is -2.45. The van der Waals surface area contributed by atoms with E-state index in [0.717, 1.165) is 12.1 Å². The molecule has 0 bridgehead atoms. The Morgan fingerprint density at radius 1 is 1.11 bits per heavy atom. The van der Waals surface area contributed by atoms with Gasteiger partial charge in [-0.3, -0.25) is 4.79 Å². The molecule has 0 aromatic heterocycles. The molecule has 0 radical (unpaired) electrons. The molecule has 27 heavy (non-hydrogen) atoms. The van der Waals surface area contributed by atoms with Gasteiger partial charge in [-0.05, 0) is 42.8 Å². The first-order valence-corrected chi connectivity index (χ1v) is 8.62. The van der Waals surface area contributed by atoms with Crippen LogP contribution >= 0.6 is 11.6 Å².